The Balaban J connectivity index is 1.76. The first kappa shape index (κ1) is 30.3. The summed E-state index contributed by atoms with van der Waals surface area (Å²) in [5.41, 5.74) is 3.17. The van der Waals surface area contributed by atoms with Crippen LogP contribution in [0.4, 0.5) is 5.69 Å². The van der Waals surface area contributed by atoms with E-state index in [0.29, 0.717) is 27.7 Å². The lowest BCUT2D eigenvalue weighted by Crippen LogP contribution is -2.49. The monoisotopic (exact) mass is 581 g/mol. The number of sulfonamides is 1. The predicted octanol–water partition coefficient (Wildman–Crippen LogP) is 5.63. The molecule has 7 nitrogen and oxygen atoms in total. The van der Waals surface area contributed by atoms with E-state index < -0.39 is 16.1 Å². The number of nitrogens with zero attached hydrogens (tertiary/aromatic N) is 2. The first-order valence-electron chi connectivity index (χ1n) is 12.9. The number of rotatable bonds is 11. The number of amides is 2. The maximum atomic E-state index is 13.5. The van der Waals surface area contributed by atoms with Crippen LogP contribution in [0, 0.1) is 13.8 Å². The molecule has 38 heavy (non-hydrogen) atoms. The highest BCUT2D eigenvalue weighted by molar-refractivity contribution is 7.92. The van der Waals surface area contributed by atoms with E-state index in [-0.39, 0.29) is 37.4 Å². The lowest BCUT2D eigenvalue weighted by atomic mass is 10.1. The summed E-state index contributed by atoms with van der Waals surface area (Å²) >= 11 is 12.4. The van der Waals surface area contributed by atoms with Gasteiger partial charge in [-0.25, -0.2) is 8.42 Å². The summed E-state index contributed by atoms with van der Waals surface area (Å²) in [7, 11) is -3.56. The summed E-state index contributed by atoms with van der Waals surface area (Å²) in [5.74, 6) is -0.456. The maximum absolute atomic E-state index is 13.5. The molecule has 1 unspecified atom stereocenters. The van der Waals surface area contributed by atoms with Crippen LogP contribution in [0.2, 0.25) is 10.0 Å². The van der Waals surface area contributed by atoms with Gasteiger partial charge in [-0.2, -0.15) is 0 Å². The van der Waals surface area contributed by atoms with Gasteiger partial charge in [-0.15, -0.1) is 0 Å². The van der Waals surface area contributed by atoms with Crippen molar-refractivity contribution < 1.29 is 18.0 Å². The normalized spacial score (nSPS) is 14.8. The standard InChI is InChI=1S/C28H37Cl2N3O4S/c1-19-14-20(2)16-25(15-19)33(38(4,36)37)13-7-10-27(34)32(18-22-11-12-23(29)17-26(22)30)21(3)28(35)31-24-8-5-6-9-24/h11-12,14-17,21,24H,5-10,13,18H2,1-4H3,(H,31,35). The topological polar surface area (TPSA) is 86.8 Å². The van der Waals surface area contributed by atoms with Crippen molar-refractivity contribution in [1.82, 2.24) is 10.2 Å². The molecule has 2 amide bonds. The second kappa shape index (κ2) is 13.2. The minimum atomic E-state index is -3.56. The van der Waals surface area contributed by atoms with Crippen LogP contribution in [0.25, 0.3) is 0 Å². The second-order valence-corrected chi connectivity index (χ2v) is 13.0. The van der Waals surface area contributed by atoms with Crippen LogP contribution in [0.5, 0.6) is 0 Å². The maximum Gasteiger partial charge on any atom is 0.242 e. The molecule has 1 atom stereocenters. The minimum absolute atomic E-state index is 0.0725. The third kappa shape index (κ3) is 8.35. The van der Waals surface area contributed by atoms with Gasteiger partial charge in [0.2, 0.25) is 21.8 Å². The van der Waals surface area contributed by atoms with E-state index in [0.717, 1.165) is 43.1 Å². The first-order valence-corrected chi connectivity index (χ1v) is 15.6. The number of carbonyl (C=O) groups excluding carboxylic acids is 2. The predicted molar refractivity (Wildman–Crippen MR) is 154 cm³/mol. The summed E-state index contributed by atoms with van der Waals surface area (Å²) in [6, 6.07) is 10.1. The van der Waals surface area contributed by atoms with E-state index in [4.69, 9.17) is 23.2 Å². The fourth-order valence-corrected chi connectivity index (χ4v) is 6.32. The molecule has 0 aromatic heterocycles. The molecule has 0 radical (unpaired) electrons. The summed E-state index contributed by atoms with van der Waals surface area (Å²) in [6.45, 7) is 5.83. The van der Waals surface area contributed by atoms with Crippen molar-refractivity contribution in [3.63, 3.8) is 0 Å². The van der Waals surface area contributed by atoms with Gasteiger partial charge in [-0.05, 0) is 81.0 Å². The third-order valence-electron chi connectivity index (χ3n) is 6.87. The van der Waals surface area contributed by atoms with Gasteiger partial charge in [-0.1, -0.05) is 48.2 Å². The highest BCUT2D eigenvalue weighted by Crippen LogP contribution is 2.25. The SMILES string of the molecule is Cc1cc(C)cc(N(CCCC(=O)N(Cc2ccc(Cl)cc2Cl)C(C)C(=O)NC2CCCC2)S(C)(=O)=O)c1. The average Bonchev–Trinajstić information content (AvgIpc) is 3.32. The van der Waals surface area contributed by atoms with Gasteiger partial charge in [0.25, 0.3) is 0 Å². The van der Waals surface area contributed by atoms with Crippen LogP contribution < -0.4 is 9.62 Å². The molecular formula is C28H37Cl2N3O4S. The number of carbonyl (C=O) groups is 2. The van der Waals surface area contributed by atoms with Crippen LogP contribution in [0.1, 0.15) is 62.1 Å². The molecule has 1 aliphatic carbocycles. The Labute approximate surface area is 236 Å². The molecule has 1 saturated carbocycles. The molecule has 2 aromatic rings. The van der Waals surface area contributed by atoms with Gasteiger partial charge in [0.05, 0.1) is 11.9 Å². The highest BCUT2D eigenvalue weighted by Gasteiger charge is 2.29. The van der Waals surface area contributed by atoms with Crippen molar-refractivity contribution in [3.05, 3.63) is 63.1 Å². The molecule has 0 spiro atoms. The van der Waals surface area contributed by atoms with Crippen molar-refractivity contribution in [3.8, 4) is 0 Å². The summed E-state index contributed by atoms with van der Waals surface area (Å²) in [5, 5.41) is 3.97. The Kier molecular flexibility index (Phi) is 10.5. The fraction of sp³-hybridized carbons (Fsp3) is 0.500. The molecule has 0 aliphatic heterocycles. The van der Waals surface area contributed by atoms with Crippen molar-refractivity contribution in [2.24, 2.45) is 0 Å². The lowest BCUT2D eigenvalue weighted by molar-refractivity contribution is -0.140. The van der Waals surface area contributed by atoms with Gasteiger partial charge in [0.1, 0.15) is 6.04 Å². The average molecular weight is 583 g/mol. The molecule has 1 fully saturated rings. The zero-order valence-electron chi connectivity index (χ0n) is 22.5. The molecule has 0 bridgehead atoms. The first-order chi connectivity index (χ1) is 17.8. The van der Waals surface area contributed by atoms with Gasteiger partial charge >= 0.3 is 0 Å². The number of nitrogens with one attached hydrogen (secondary N) is 1. The van der Waals surface area contributed by atoms with Crippen molar-refractivity contribution in [1.29, 1.82) is 0 Å². The van der Waals surface area contributed by atoms with E-state index in [1.165, 1.54) is 9.21 Å². The minimum Gasteiger partial charge on any atom is -0.352 e. The van der Waals surface area contributed by atoms with Gasteiger partial charge in [-0.3, -0.25) is 13.9 Å². The molecule has 10 heteroatoms. The van der Waals surface area contributed by atoms with Gasteiger partial charge in [0.15, 0.2) is 0 Å². The molecule has 1 aliphatic rings. The van der Waals surface area contributed by atoms with Crippen LogP contribution >= 0.6 is 23.2 Å². The zero-order valence-corrected chi connectivity index (χ0v) is 24.8. The number of anilines is 1. The largest absolute Gasteiger partial charge is 0.352 e. The van der Waals surface area contributed by atoms with E-state index in [1.54, 1.807) is 25.1 Å². The van der Waals surface area contributed by atoms with Crippen molar-refractivity contribution in [2.75, 3.05) is 17.1 Å². The quantitative estimate of drug-likeness (QED) is 0.372. The van der Waals surface area contributed by atoms with Crippen molar-refractivity contribution in [2.45, 2.75) is 77.9 Å². The number of halogens is 2. The van der Waals surface area contributed by atoms with Crippen LogP contribution in [-0.2, 0) is 26.2 Å². The second-order valence-electron chi connectivity index (χ2n) is 10.2. The van der Waals surface area contributed by atoms with Gasteiger partial charge in [0, 0.05) is 35.6 Å². The molecule has 3 rings (SSSR count). The molecule has 1 N–H and O–H groups in total. The Bertz CT molecular complexity index is 1240. The number of hydrogen-bond donors (Lipinski definition) is 1. The molecule has 0 heterocycles. The summed E-state index contributed by atoms with van der Waals surface area (Å²) < 4.78 is 26.5. The van der Waals surface area contributed by atoms with Gasteiger partial charge < -0.3 is 10.2 Å². The zero-order chi connectivity index (χ0) is 28.0. The Morgan fingerprint density at radius 2 is 1.68 bits per heavy atom. The Hall–Kier alpha value is -2.29. The van der Waals surface area contributed by atoms with Crippen LogP contribution in [0.3, 0.4) is 0 Å². The Morgan fingerprint density at radius 3 is 2.26 bits per heavy atom. The number of aryl methyl sites for hydroxylation is 2. The van der Waals surface area contributed by atoms with E-state index >= 15 is 0 Å². The van der Waals surface area contributed by atoms with E-state index in [1.807, 2.05) is 32.0 Å². The van der Waals surface area contributed by atoms with E-state index in [9.17, 15) is 18.0 Å². The van der Waals surface area contributed by atoms with Crippen molar-refractivity contribution >= 4 is 50.7 Å². The molecular weight excluding hydrogens is 545 g/mol. The summed E-state index contributed by atoms with van der Waals surface area (Å²) in [4.78, 5) is 28.1. The summed E-state index contributed by atoms with van der Waals surface area (Å²) in [6.07, 6.45) is 5.57. The molecule has 208 valence electrons. The molecule has 2 aromatic carbocycles. The highest BCUT2D eigenvalue weighted by atomic mass is 35.5. The number of benzene rings is 2. The van der Waals surface area contributed by atoms with Crippen LogP contribution in [0.15, 0.2) is 36.4 Å². The fourth-order valence-electron chi connectivity index (χ4n) is 4.91. The smallest absolute Gasteiger partial charge is 0.242 e. The molecule has 0 saturated heterocycles. The van der Waals surface area contributed by atoms with Crippen LogP contribution in [-0.4, -0.2) is 50.0 Å². The lowest BCUT2D eigenvalue weighted by Gasteiger charge is -2.30. The number of hydrogen-bond acceptors (Lipinski definition) is 4. The third-order valence-corrected chi connectivity index (χ3v) is 8.65. The van der Waals surface area contributed by atoms with E-state index in [2.05, 4.69) is 5.32 Å². The Morgan fingerprint density at radius 1 is 1.05 bits per heavy atom.